The Labute approximate surface area is 204 Å². The monoisotopic (exact) mass is 482 g/mol. The summed E-state index contributed by atoms with van der Waals surface area (Å²) in [5.41, 5.74) is 1.40. The van der Waals surface area contributed by atoms with Gasteiger partial charge in [-0.3, -0.25) is 18.4 Å². The molecule has 0 amide bonds. The van der Waals surface area contributed by atoms with Gasteiger partial charge in [-0.15, -0.1) is 0 Å². The molecule has 1 aromatic heterocycles. The van der Waals surface area contributed by atoms with Crippen molar-refractivity contribution >= 4 is 27.6 Å². The topological polar surface area (TPSA) is 71.8 Å². The van der Waals surface area contributed by atoms with Gasteiger partial charge in [0.1, 0.15) is 11.9 Å². The van der Waals surface area contributed by atoms with Crippen LogP contribution in [0.2, 0.25) is 0 Å². The van der Waals surface area contributed by atoms with Crippen molar-refractivity contribution in [3.05, 3.63) is 64.4 Å². The van der Waals surface area contributed by atoms with Crippen molar-refractivity contribution in [2.75, 3.05) is 19.6 Å². The average molecular weight is 483 g/mol. The maximum absolute atomic E-state index is 12.6. The predicted octanol–water partition coefficient (Wildman–Crippen LogP) is 5.18. The third kappa shape index (κ3) is 6.70. The molecule has 0 spiro atoms. The van der Waals surface area contributed by atoms with Crippen molar-refractivity contribution in [2.45, 2.75) is 64.0 Å². The van der Waals surface area contributed by atoms with Gasteiger partial charge in [0.05, 0.1) is 10.1 Å². The number of aryl methyl sites for hydroxylation is 2. The fraction of sp³-hybridized carbons (Fsp3) is 0.481. The number of para-hydroxylation sites is 1. The van der Waals surface area contributed by atoms with Gasteiger partial charge in [-0.25, -0.2) is 0 Å². The first-order valence-electron chi connectivity index (χ1n) is 12.4. The summed E-state index contributed by atoms with van der Waals surface area (Å²) in [6.07, 6.45) is 7.10. The lowest BCUT2D eigenvalue weighted by Crippen LogP contribution is -2.38. The Balaban J connectivity index is 1.28. The Morgan fingerprint density at radius 1 is 1.03 bits per heavy atom. The minimum atomic E-state index is -0.720. The zero-order valence-corrected chi connectivity index (χ0v) is 20.5. The van der Waals surface area contributed by atoms with Crippen LogP contribution in [0.4, 0.5) is 0 Å². The van der Waals surface area contributed by atoms with E-state index in [4.69, 9.17) is 9.84 Å². The number of fused-ring (bicyclic) bond motifs is 2. The van der Waals surface area contributed by atoms with Crippen LogP contribution in [0.15, 0.2) is 53.3 Å². The number of hydrogen-bond acceptors (Lipinski definition) is 5. The molecule has 7 heteroatoms. The van der Waals surface area contributed by atoms with Crippen LogP contribution >= 0.6 is 11.5 Å². The molecular formula is C27H34N2O4S. The van der Waals surface area contributed by atoms with E-state index in [-0.39, 0.29) is 18.1 Å². The van der Waals surface area contributed by atoms with Crippen LogP contribution in [-0.2, 0) is 17.8 Å². The number of aromatic nitrogens is 1. The molecule has 6 nitrogen and oxygen atoms in total. The van der Waals surface area contributed by atoms with Crippen LogP contribution in [0.1, 0.15) is 50.5 Å². The van der Waals surface area contributed by atoms with E-state index in [2.05, 4.69) is 23.1 Å². The van der Waals surface area contributed by atoms with Gasteiger partial charge in [0, 0.05) is 19.5 Å². The number of hydrogen-bond donors (Lipinski definition) is 1. The van der Waals surface area contributed by atoms with Crippen molar-refractivity contribution in [3.63, 3.8) is 0 Å². The largest absolute Gasteiger partial charge is 0.489 e. The Morgan fingerprint density at radius 3 is 2.62 bits per heavy atom. The van der Waals surface area contributed by atoms with Crippen LogP contribution in [0.3, 0.4) is 0 Å². The lowest BCUT2D eigenvalue weighted by molar-refractivity contribution is -0.137. The van der Waals surface area contributed by atoms with Crippen LogP contribution in [0.5, 0.6) is 5.75 Å². The van der Waals surface area contributed by atoms with Gasteiger partial charge in [-0.05, 0) is 75.4 Å². The predicted molar refractivity (Wildman–Crippen MR) is 137 cm³/mol. The fourth-order valence-electron chi connectivity index (χ4n) is 4.64. The molecule has 1 unspecified atom stereocenters. The molecule has 1 aliphatic rings. The molecule has 4 rings (SSSR count). The number of aliphatic carboxylic acids is 1. The molecule has 1 aliphatic heterocycles. The van der Waals surface area contributed by atoms with Crippen LogP contribution in [0.25, 0.3) is 10.1 Å². The van der Waals surface area contributed by atoms with Crippen molar-refractivity contribution in [2.24, 2.45) is 0 Å². The highest BCUT2D eigenvalue weighted by Gasteiger charge is 2.21. The summed E-state index contributed by atoms with van der Waals surface area (Å²) in [6, 6.07) is 16.1. The van der Waals surface area contributed by atoms with Gasteiger partial charge in [0.2, 0.25) is 0 Å². The number of carbonyl (C=O) groups is 1. The van der Waals surface area contributed by atoms with E-state index in [1.165, 1.54) is 5.56 Å². The average Bonchev–Trinajstić information content (AvgIpc) is 3.16. The van der Waals surface area contributed by atoms with E-state index in [1.807, 2.05) is 34.3 Å². The maximum Gasteiger partial charge on any atom is 0.303 e. The molecule has 2 aromatic carbocycles. The second-order valence-corrected chi connectivity index (χ2v) is 10.2. The Bertz CT molecular complexity index is 1140. The first-order chi connectivity index (χ1) is 16.6. The smallest absolute Gasteiger partial charge is 0.303 e. The molecule has 0 bridgehead atoms. The third-order valence-electron chi connectivity index (χ3n) is 6.47. The summed E-state index contributed by atoms with van der Waals surface area (Å²) < 4.78 is 9.21. The molecule has 34 heavy (non-hydrogen) atoms. The molecule has 1 N–H and O–H groups in total. The standard InChI is InChI=1S/C27H34N2O4S/c30-26(31)14-2-1-7-17-28(20-22-16-15-21-10-3-5-12-24(21)33-22)18-8-9-19-29-27(32)23-11-4-6-13-25(23)34-29/h3-6,10-13,22H,1-2,7-9,14-20H2,(H,30,31). The highest BCUT2D eigenvalue weighted by molar-refractivity contribution is 7.13. The SMILES string of the molecule is O=C(O)CCCCCN(CCCCn1sc2ccccc2c1=O)CC1CCc2ccccc2O1. The van der Waals surface area contributed by atoms with Crippen molar-refractivity contribution in [3.8, 4) is 5.75 Å². The van der Waals surface area contributed by atoms with Crippen LogP contribution in [-0.4, -0.2) is 45.7 Å². The number of rotatable bonds is 13. The molecule has 0 saturated heterocycles. The highest BCUT2D eigenvalue weighted by atomic mass is 32.1. The number of carboxylic acids is 1. The number of benzene rings is 2. The van der Waals surface area contributed by atoms with E-state index < -0.39 is 5.97 Å². The van der Waals surface area contributed by atoms with E-state index in [0.717, 1.165) is 87.0 Å². The second-order valence-electron chi connectivity index (χ2n) is 9.09. The number of nitrogens with zero attached hydrogens (tertiary/aromatic N) is 2. The molecule has 182 valence electrons. The van der Waals surface area contributed by atoms with Gasteiger partial charge < -0.3 is 9.84 Å². The number of unbranched alkanes of at least 4 members (excludes halogenated alkanes) is 3. The van der Waals surface area contributed by atoms with E-state index in [1.54, 1.807) is 11.5 Å². The van der Waals surface area contributed by atoms with Crippen molar-refractivity contribution in [1.82, 2.24) is 8.86 Å². The fourth-order valence-corrected chi connectivity index (χ4v) is 5.67. The zero-order valence-electron chi connectivity index (χ0n) is 19.7. The van der Waals surface area contributed by atoms with Gasteiger partial charge >= 0.3 is 5.97 Å². The lowest BCUT2D eigenvalue weighted by Gasteiger charge is -2.31. The van der Waals surface area contributed by atoms with E-state index in [9.17, 15) is 9.59 Å². The van der Waals surface area contributed by atoms with Crippen LogP contribution < -0.4 is 10.3 Å². The Hall–Kier alpha value is -2.64. The molecule has 0 fully saturated rings. The Morgan fingerprint density at radius 2 is 1.79 bits per heavy atom. The third-order valence-corrected chi connectivity index (χ3v) is 7.59. The maximum atomic E-state index is 12.6. The highest BCUT2D eigenvalue weighted by Crippen LogP contribution is 2.27. The molecule has 0 radical (unpaired) electrons. The summed E-state index contributed by atoms with van der Waals surface area (Å²) in [5.74, 6) is 0.284. The number of carboxylic acid groups (broad SMARTS) is 1. The summed E-state index contributed by atoms with van der Waals surface area (Å²) in [6.45, 7) is 3.54. The van der Waals surface area contributed by atoms with E-state index >= 15 is 0 Å². The van der Waals surface area contributed by atoms with Gasteiger partial charge in [-0.1, -0.05) is 48.3 Å². The molecular weight excluding hydrogens is 448 g/mol. The summed E-state index contributed by atoms with van der Waals surface area (Å²) in [7, 11) is 0. The van der Waals surface area contributed by atoms with Crippen molar-refractivity contribution < 1.29 is 14.6 Å². The number of ether oxygens (including phenoxy) is 1. The normalized spacial score (nSPS) is 15.4. The van der Waals surface area contributed by atoms with Gasteiger partial charge in [0.25, 0.3) is 5.56 Å². The molecule has 3 aromatic rings. The molecule has 0 aliphatic carbocycles. The van der Waals surface area contributed by atoms with Crippen LogP contribution in [0, 0.1) is 0 Å². The van der Waals surface area contributed by atoms with Gasteiger partial charge in [-0.2, -0.15) is 0 Å². The Kier molecular flexibility index (Phi) is 8.77. The quantitative estimate of drug-likeness (QED) is 0.340. The zero-order chi connectivity index (χ0) is 23.8. The summed E-state index contributed by atoms with van der Waals surface area (Å²) in [4.78, 5) is 25.8. The first-order valence-corrected chi connectivity index (χ1v) is 13.1. The molecule has 1 atom stereocenters. The summed E-state index contributed by atoms with van der Waals surface area (Å²) in [5, 5.41) is 9.68. The van der Waals surface area contributed by atoms with E-state index in [0.29, 0.717) is 0 Å². The molecule has 0 saturated carbocycles. The second kappa shape index (κ2) is 12.2. The van der Waals surface area contributed by atoms with Crippen molar-refractivity contribution in [1.29, 1.82) is 0 Å². The van der Waals surface area contributed by atoms with Gasteiger partial charge in [0.15, 0.2) is 0 Å². The first kappa shape index (κ1) is 24.5. The minimum Gasteiger partial charge on any atom is -0.489 e. The minimum absolute atomic E-state index is 0.116. The summed E-state index contributed by atoms with van der Waals surface area (Å²) >= 11 is 1.55. The molecule has 2 heterocycles. The lowest BCUT2D eigenvalue weighted by atomic mass is 10.0.